The van der Waals surface area contributed by atoms with E-state index in [0.717, 1.165) is 5.56 Å². The maximum absolute atomic E-state index is 11.8. The topological polar surface area (TPSA) is 41.1 Å². The molecular weight excluding hydrogens is 257 g/mol. The molecular formula is C13H17F3N2O. The molecule has 0 radical (unpaired) electrons. The third-order valence-corrected chi connectivity index (χ3v) is 2.43. The average Bonchev–Trinajstić information content (AvgIpc) is 2.36. The van der Waals surface area contributed by atoms with Gasteiger partial charge in [-0.05, 0) is 18.5 Å². The molecule has 2 N–H and O–H groups in total. The summed E-state index contributed by atoms with van der Waals surface area (Å²) in [6.07, 6.45) is -4.97. The number of rotatable bonds is 7. The summed E-state index contributed by atoms with van der Waals surface area (Å²) < 4.78 is 35.5. The fourth-order valence-corrected chi connectivity index (χ4v) is 1.47. The van der Waals surface area contributed by atoms with Crippen molar-refractivity contribution in [2.75, 3.05) is 13.1 Å². The van der Waals surface area contributed by atoms with E-state index < -0.39 is 12.6 Å². The maximum atomic E-state index is 11.8. The van der Waals surface area contributed by atoms with Gasteiger partial charge in [0, 0.05) is 13.0 Å². The van der Waals surface area contributed by atoms with Crippen LogP contribution in [0.2, 0.25) is 0 Å². The van der Waals surface area contributed by atoms with E-state index in [4.69, 9.17) is 0 Å². The predicted molar refractivity (Wildman–Crippen MR) is 66.4 cm³/mol. The zero-order valence-electron chi connectivity index (χ0n) is 10.5. The molecule has 0 aliphatic carbocycles. The molecule has 0 heterocycles. The third-order valence-electron chi connectivity index (χ3n) is 2.43. The molecule has 0 spiro atoms. The molecule has 0 saturated heterocycles. The van der Waals surface area contributed by atoms with E-state index in [1.165, 1.54) is 0 Å². The number of hydrogen-bond acceptors (Lipinski definition) is 2. The van der Waals surface area contributed by atoms with E-state index in [-0.39, 0.29) is 25.4 Å². The SMILES string of the molecule is O=C(CNCCCC(F)(F)F)NCc1ccccc1. The van der Waals surface area contributed by atoms with Crippen LogP contribution in [0, 0.1) is 0 Å². The molecule has 0 aromatic heterocycles. The van der Waals surface area contributed by atoms with Crippen LogP contribution >= 0.6 is 0 Å². The number of hydrogen-bond donors (Lipinski definition) is 2. The van der Waals surface area contributed by atoms with E-state index in [1.807, 2.05) is 30.3 Å². The van der Waals surface area contributed by atoms with Crippen molar-refractivity contribution in [3.05, 3.63) is 35.9 Å². The molecule has 1 aromatic rings. The Morgan fingerprint density at radius 3 is 2.47 bits per heavy atom. The second kappa shape index (κ2) is 7.78. The monoisotopic (exact) mass is 274 g/mol. The second-order valence-corrected chi connectivity index (χ2v) is 4.16. The minimum absolute atomic E-state index is 0.0184. The number of amides is 1. The standard InChI is InChI=1S/C13H17F3N2O/c14-13(15,16)7-4-8-17-10-12(19)18-9-11-5-2-1-3-6-11/h1-3,5-6,17H,4,7-10H2,(H,18,19). The summed E-state index contributed by atoms with van der Waals surface area (Å²) in [7, 11) is 0. The van der Waals surface area contributed by atoms with Crippen molar-refractivity contribution in [3.8, 4) is 0 Å². The summed E-state index contributed by atoms with van der Waals surface area (Å²) in [6, 6.07) is 9.40. The first kappa shape index (κ1) is 15.5. The Morgan fingerprint density at radius 2 is 1.84 bits per heavy atom. The first-order chi connectivity index (χ1) is 8.97. The van der Waals surface area contributed by atoms with Gasteiger partial charge in [-0.1, -0.05) is 30.3 Å². The molecule has 19 heavy (non-hydrogen) atoms. The van der Waals surface area contributed by atoms with Gasteiger partial charge in [-0.25, -0.2) is 0 Å². The van der Waals surface area contributed by atoms with Gasteiger partial charge in [0.1, 0.15) is 0 Å². The number of carbonyl (C=O) groups excluding carboxylic acids is 1. The predicted octanol–water partition coefficient (Wildman–Crippen LogP) is 2.23. The molecule has 6 heteroatoms. The average molecular weight is 274 g/mol. The molecule has 106 valence electrons. The fourth-order valence-electron chi connectivity index (χ4n) is 1.47. The van der Waals surface area contributed by atoms with E-state index in [9.17, 15) is 18.0 Å². The van der Waals surface area contributed by atoms with Gasteiger partial charge in [0.25, 0.3) is 0 Å². The number of nitrogens with one attached hydrogen (secondary N) is 2. The fraction of sp³-hybridized carbons (Fsp3) is 0.462. The number of benzene rings is 1. The van der Waals surface area contributed by atoms with Crippen molar-refractivity contribution in [2.45, 2.75) is 25.6 Å². The first-order valence-electron chi connectivity index (χ1n) is 6.05. The Kier molecular flexibility index (Phi) is 6.35. The van der Waals surface area contributed by atoms with Gasteiger partial charge in [0.15, 0.2) is 0 Å². The lowest BCUT2D eigenvalue weighted by atomic mass is 10.2. The quantitative estimate of drug-likeness (QED) is 0.749. The van der Waals surface area contributed by atoms with Crippen LogP contribution in [0.15, 0.2) is 30.3 Å². The normalized spacial score (nSPS) is 11.3. The van der Waals surface area contributed by atoms with Crippen molar-refractivity contribution in [1.29, 1.82) is 0 Å². The molecule has 3 nitrogen and oxygen atoms in total. The van der Waals surface area contributed by atoms with Gasteiger partial charge in [0.05, 0.1) is 6.54 Å². The number of alkyl halides is 3. The highest BCUT2D eigenvalue weighted by Gasteiger charge is 2.25. The Bertz CT molecular complexity index is 379. The first-order valence-corrected chi connectivity index (χ1v) is 6.05. The molecule has 0 atom stereocenters. The van der Waals surface area contributed by atoms with Gasteiger partial charge in [-0.2, -0.15) is 13.2 Å². The number of carbonyl (C=O) groups is 1. The highest BCUT2D eigenvalue weighted by atomic mass is 19.4. The lowest BCUT2D eigenvalue weighted by molar-refractivity contribution is -0.135. The van der Waals surface area contributed by atoms with E-state index in [1.54, 1.807) is 0 Å². The van der Waals surface area contributed by atoms with Gasteiger partial charge in [-0.15, -0.1) is 0 Å². The van der Waals surface area contributed by atoms with Crippen molar-refractivity contribution < 1.29 is 18.0 Å². The minimum Gasteiger partial charge on any atom is -0.351 e. The Labute approximate surface area is 110 Å². The highest BCUT2D eigenvalue weighted by Crippen LogP contribution is 2.20. The van der Waals surface area contributed by atoms with E-state index in [0.29, 0.717) is 6.54 Å². The summed E-state index contributed by atoms with van der Waals surface area (Å²) in [4.78, 5) is 11.4. The molecule has 1 rings (SSSR count). The van der Waals surface area contributed by atoms with E-state index >= 15 is 0 Å². The van der Waals surface area contributed by atoms with Crippen molar-refractivity contribution in [2.24, 2.45) is 0 Å². The summed E-state index contributed by atoms with van der Waals surface area (Å²) in [5.74, 6) is -0.226. The summed E-state index contributed by atoms with van der Waals surface area (Å²) in [5, 5.41) is 5.36. The lowest BCUT2D eigenvalue weighted by Gasteiger charge is -2.08. The van der Waals surface area contributed by atoms with Crippen molar-refractivity contribution in [3.63, 3.8) is 0 Å². The van der Waals surface area contributed by atoms with Crippen LogP contribution in [0.25, 0.3) is 0 Å². The number of halogens is 3. The summed E-state index contributed by atoms with van der Waals surface area (Å²) in [6.45, 7) is 0.632. The minimum atomic E-state index is -4.13. The smallest absolute Gasteiger partial charge is 0.351 e. The van der Waals surface area contributed by atoms with Crippen molar-refractivity contribution >= 4 is 5.91 Å². The second-order valence-electron chi connectivity index (χ2n) is 4.16. The van der Waals surface area contributed by atoms with Crippen LogP contribution in [0.4, 0.5) is 13.2 Å². The molecule has 0 fully saturated rings. The zero-order valence-corrected chi connectivity index (χ0v) is 10.5. The molecule has 0 saturated carbocycles. The third kappa shape index (κ3) is 8.20. The Hall–Kier alpha value is -1.56. The lowest BCUT2D eigenvalue weighted by Crippen LogP contribution is -2.34. The summed E-state index contributed by atoms with van der Waals surface area (Å²) in [5.41, 5.74) is 0.980. The van der Waals surface area contributed by atoms with E-state index in [2.05, 4.69) is 10.6 Å². The van der Waals surface area contributed by atoms with Crippen LogP contribution in [-0.2, 0) is 11.3 Å². The van der Waals surface area contributed by atoms with Crippen LogP contribution in [0.3, 0.4) is 0 Å². The van der Waals surface area contributed by atoms with Crippen molar-refractivity contribution in [1.82, 2.24) is 10.6 Å². The summed E-state index contributed by atoms with van der Waals surface area (Å²) >= 11 is 0. The van der Waals surface area contributed by atoms with Gasteiger partial charge in [-0.3, -0.25) is 4.79 Å². The van der Waals surface area contributed by atoms with Crippen LogP contribution < -0.4 is 10.6 Å². The highest BCUT2D eigenvalue weighted by molar-refractivity contribution is 5.77. The zero-order chi connectivity index (χ0) is 14.1. The van der Waals surface area contributed by atoms with Crippen LogP contribution in [0.5, 0.6) is 0 Å². The largest absolute Gasteiger partial charge is 0.389 e. The maximum Gasteiger partial charge on any atom is 0.389 e. The molecule has 1 aromatic carbocycles. The molecule has 0 unspecified atom stereocenters. The Morgan fingerprint density at radius 1 is 1.16 bits per heavy atom. The Balaban J connectivity index is 2.06. The molecule has 0 bridgehead atoms. The molecule has 0 aliphatic heterocycles. The van der Waals surface area contributed by atoms with Crippen LogP contribution in [0.1, 0.15) is 18.4 Å². The van der Waals surface area contributed by atoms with Gasteiger partial charge < -0.3 is 10.6 Å². The molecule has 1 amide bonds. The van der Waals surface area contributed by atoms with Gasteiger partial charge >= 0.3 is 6.18 Å². The van der Waals surface area contributed by atoms with Crippen LogP contribution in [-0.4, -0.2) is 25.2 Å². The molecule has 0 aliphatic rings. The van der Waals surface area contributed by atoms with Gasteiger partial charge in [0.2, 0.25) is 5.91 Å².